The summed E-state index contributed by atoms with van der Waals surface area (Å²) in [4.78, 5) is 37.8. The van der Waals surface area contributed by atoms with Gasteiger partial charge in [-0.1, -0.05) is 13.0 Å². The lowest BCUT2D eigenvalue weighted by molar-refractivity contribution is -0.144. The smallest absolute Gasteiger partial charge is 0.434 e. The zero-order valence-corrected chi connectivity index (χ0v) is 35.7. The number of hydrogen-bond donors (Lipinski definition) is 7. The molecule has 0 spiro atoms. The largest absolute Gasteiger partial charge is 0.508 e. The fourth-order valence-electron chi connectivity index (χ4n) is 12.2. The Balaban J connectivity index is 0.696. The number of carbonyl (C=O) groups is 2. The quantitative estimate of drug-likeness (QED) is 0.154. The number of hydrogen-bond acceptors (Lipinski definition) is 12. The first-order valence-electron chi connectivity index (χ1n) is 22.8. The number of aliphatic hydroxyl groups excluding tert-OH is 2. The van der Waals surface area contributed by atoms with Crippen molar-refractivity contribution in [2.75, 3.05) is 57.7 Å². The number of aromatic nitrogens is 2. The Morgan fingerprint density at radius 2 is 1.74 bits per heavy atom. The monoisotopic (exact) mass is 871 g/mol. The van der Waals surface area contributed by atoms with Crippen LogP contribution in [0.4, 0.5) is 19.0 Å². The minimum absolute atomic E-state index is 0.0207. The Bertz CT molecular complexity index is 1900. The number of nitrogens with zero attached hydrogens (tertiary/aromatic N) is 4. The fourth-order valence-corrected chi connectivity index (χ4v) is 12.2. The van der Waals surface area contributed by atoms with Crippen LogP contribution < -0.4 is 16.0 Å². The number of aryl methyl sites for hydroxylation is 1. The third kappa shape index (κ3) is 9.44. The van der Waals surface area contributed by atoms with Crippen LogP contribution in [0.25, 0.3) is 0 Å². The van der Waals surface area contributed by atoms with Gasteiger partial charge in [0.15, 0.2) is 5.69 Å². The van der Waals surface area contributed by atoms with Crippen molar-refractivity contribution in [3.05, 3.63) is 47.4 Å². The molecule has 2 saturated carbocycles. The molecule has 1 aromatic heterocycles. The second-order valence-corrected chi connectivity index (χ2v) is 19.2. The van der Waals surface area contributed by atoms with E-state index in [9.17, 15) is 43.2 Å². The number of alkyl halides is 3. The molecule has 8 rings (SSSR count). The average Bonchev–Trinajstić information content (AvgIpc) is 3.53. The molecule has 0 unspecified atom stereocenters. The van der Waals surface area contributed by atoms with E-state index in [1.54, 1.807) is 0 Å². The van der Waals surface area contributed by atoms with E-state index < -0.39 is 41.8 Å². The third-order valence-corrected chi connectivity index (χ3v) is 15.8. The number of anilines is 1. The number of nitrogens with one attached hydrogen (secondary N) is 3. The summed E-state index contributed by atoms with van der Waals surface area (Å²) in [6, 6.07) is 5.33. The number of phenolic OH excluding ortho intramolecular Hbond substituents is 1. The summed E-state index contributed by atoms with van der Waals surface area (Å²) >= 11 is 0. The maximum Gasteiger partial charge on any atom is 0.434 e. The topological polar surface area (TPSA) is 193 Å². The molecule has 7 N–H and O–H groups in total. The molecule has 0 radical (unpaired) electrons. The van der Waals surface area contributed by atoms with Gasteiger partial charge < -0.3 is 46.0 Å². The van der Waals surface area contributed by atoms with E-state index in [4.69, 9.17) is 4.74 Å². The molecule has 3 aliphatic carbocycles. The maximum absolute atomic E-state index is 13.1. The molecule has 6 aliphatic rings. The number of aromatic hydroxyl groups is 1. The Hall–Kier alpha value is -3.61. The van der Waals surface area contributed by atoms with E-state index in [0.29, 0.717) is 68.1 Å². The van der Waals surface area contributed by atoms with Gasteiger partial charge in [0.1, 0.15) is 29.9 Å². The van der Waals surface area contributed by atoms with E-state index >= 15 is 0 Å². The molecule has 14 nitrogen and oxygen atoms in total. The van der Waals surface area contributed by atoms with Crippen LogP contribution in [0.3, 0.4) is 0 Å². The highest BCUT2D eigenvalue weighted by Crippen LogP contribution is 2.65. The van der Waals surface area contributed by atoms with Crippen LogP contribution in [-0.4, -0.2) is 140 Å². The van der Waals surface area contributed by atoms with E-state index in [2.05, 4.69) is 48.7 Å². The van der Waals surface area contributed by atoms with Crippen molar-refractivity contribution in [2.45, 2.75) is 132 Å². The van der Waals surface area contributed by atoms with Gasteiger partial charge in [-0.2, -0.15) is 13.2 Å². The van der Waals surface area contributed by atoms with E-state index in [-0.39, 0.29) is 42.1 Å². The van der Waals surface area contributed by atoms with Gasteiger partial charge in [-0.25, -0.2) is 4.98 Å². The lowest BCUT2D eigenvalue weighted by atomic mass is 9.53. The molecule has 2 aromatic rings. The number of phenols is 1. The SMILES string of the molecule is C[C@]12CC[C@@H]3c4ccc(O)cc4CC[C@H]3[C@@H]1CC[C@@]2(O)CCCNC(=O)CN1CCC(N2CCC(C(=O)NC[C@H]3OC[C@H](Nc4cncc(C(F)(F)F)n4)[C@@H](O)[C@H]3O)CC2)CC1. The van der Waals surface area contributed by atoms with Crippen molar-refractivity contribution < 1.29 is 47.9 Å². The highest BCUT2D eigenvalue weighted by atomic mass is 19.4. The number of rotatable bonds is 12. The van der Waals surface area contributed by atoms with Crippen LogP contribution in [0.2, 0.25) is 0 Å². The summed E-state index contributed by atoms with van der Waals surface area (Å²) in [5.41, 5.74) is 0.660. The summed E-state index contributed by atoms with van der Waals surface area (Å²) in [5.74, 6) is 1.37. The molecule has 342 valence electrons. The molecular weight excluding hydrogens is 808 g/mol. The van der Waals surface area contributed by atoms with Crippen LogP contribution in [0.1, 0.15) is 100 Å². The number of amides is 2. The Kier molecular flexibility index (Phi) is 13.4. The van der Waals surface area contributed by atoms with Gasteiger partial charge in [-0.3, -0.25) is 19.5 Å². The molecule has 17 heteroatoms. The van der Waals surface area contributed by atoms with E-state index in [0.717, 1.165) is 90.2 Å². The van der Waals surface area contributed by atoms with Crippen molar-refractivity contribution in [3.8, 4) is 5.75 Å². The number of piperidine rings is 2. The van der Waals surface area contributed by atoms with Crippen molar-refractivity contribution in [2.24, 2.45) is 23.2 Å². The van der Waals surface area contributed by atoms with Crippen LogP contribution >= 0.6 is 0 Å². The Morgan fingerprint density at radius 3 is 2.50 bits per heavy atom. The molecule has 1 aromatic carbocycles. The minimum Gasteiger partial charge on any atom is -0.508 e. The molecule has 62 heavy (non-hydrogen) atoms. The summed E-state index contributed by atoms with van der Waals surface area (Å²) in [6.07, 6.45) is 4.07. The van der Waals surface area contributed by atoms with Crippen LogP contribution in [0.5, 0.6) is 5.75 Å². The fraction of sp³-hybridized carbons (Fsp3) is 0.733. The second-order valence-electron chi connectivity index (χ2n) is 19.2. The lowest BCUT2D eigenvalue weighted by Crippen LogP contribution is -2.58. The number of fused-ring (bicyclic) bond motifs is 5. The van der Waals surface area contributed by atoms with Gasteiger partial charge >= 0.3 is 6.18 Å². The van der Waals surface area contributed by atoms with Gasteiger partial charge in [0.25, 0.3) is 0 Å². The number of carbonyl (C=O) groups excluding carboxylic acids is 2. The molecule has 4 heterocycles. The van der Waals surface area contributed by atoms with Crippen LogP contribution in [0, 0.1) is 23.2 Å². The molecule has 3 saturated heterocycles. The number of likely N-dealkylation sites (tertiary alicyclic amines) is 2. The summed E-state index contributed by atoms with van der Waals surface area (Å²) < 4.78 is 44.8. The maximum atomic E-state index is 13.1. The summed E-state index contributed by atoms with van der Waals surface area (Å²) in [5, 5.41) is 52.1. The normalized spacial score (nSPS) is 33.6. The molecule has 0 bridgehead atoms. The zero-order chi connectivity index (χ0) is 43.8. The number of aliphatic hydroxyl groups is 3. The first-order chi connectivity index (χ1) is 29.6. The number of ether oxygens (including phenoxy) is 1. The third-order valence-electron chi connectivity index (χ3n) is 15.8. The van der Waals surface area contributed by atoms with Crippen molar-refractivity contribution in [3.63, 3.8) is 0 Å². The molecular formula is C45H64F3N7O7. The number of halogens is 3. The minimum atomic E-state index is -4.68. The predicted molar refractivity (Wildman–Crippen MR) is 223 cm³/mol. The first kappa shape index (κ1) is 45.0. The van der Waals surface area contributed by atoms with Crippen LogP contribution in [-0.2, 0) is 26.9 Å². The van der Waals surface area contributed by atoms with E-state index in [1.807, 2.05) is 12.1 Å². The Labute approximate surface area is 361 Å². The second kappa shape index (κ2) is 18.5. The van der Waals surface area contributed by atoms with Gasteiger partial charge in [-0.05, 0) is 137 Å². The molecule has 3 aliphatic heterocycles. The van der Waals surface area contributed by atoms with Gasteiger partial charge in [0.05, 0.1) is 37.2 Å². The Morgan fingerprint density at radius 1 is 0.968 bits per heavy atom. The predicted octanol–water partition coefficient (Wildman–Crippen LogP) is 3.58. The number of benzene rings is 1. The van der Waals surface area contributed by atoms with Gasteiger partial charge in [0.2, 0.25) is 11.8 Å². The van der Waals surface area contributed by atoms with Crippen molar-refractivity contribution in [1.82, 2.24) is 30.4 Å². The van der Waals surface area contributed by atoms with E-state index in [1.165, 1.54) is 11.1 Å². The van der Waals surface area contributed by atoms with Crippen molar-refractivity contribution >= 4 is 17.6 Å². The summed E-state index contributed by atoms with van der Waals surface area (Å²) in [6.45, 7) is 6.29. The average molecular weight is 872 g/mol. The first-order valence-corrected chi connectivity index (χ1v) is 22.8. The van der Waals surface area contributed by atoms with Crippen LogP contribution in [0.15, 0.2) is 30.6 Å². The lowest BCUT2D eigenvalue weighted by Gasteiger charge is -2.53. The summed E-state index contributed by atoms with van der Waals surface area (Å²) in [7, 11) is 0. The highest BCUT2D eigenvalue weighted by molar-refractivity contribution is 5.79. The highest BCUT2D eigenvalue weighted by Gasteiger charge is 2.61. The van der Waals surface area contributed by atoms with Gasteiger partial charge in [-0.15, -0.1) is 0 Å². The molecule has 5 fully saturated rings. The van der Waals surface area contributed by atoms with Crippen molar-refractivity contribution in [1.29, 1.82) is 0 Å². The van der Waals surface area contributed by atoms with Gasteiger partial charge in [0, 0.05) is 38.1 Å². The molecule has 9 atom stereocenters. The molecule has 2 amide bonds. The standard InChI is InChI=1S/C45H64F3N7O7/c1-43-14-7-32-31-6-4-30(56)21-28(31)3-5-33(32)34(43)8-15-44(43,61)13-2-16-50-39(57)25-54-17-11-29(12-18-54)55-19-9-27(10-20-55)42(60)51-22-36-41(59)40(58)35(26-62-36)52-38-24-49-23-37(53-38)45(46,47)48/h4,6,21,23-24,27,29,32-36,40-41,56,58-59,61H,2-3,5,7-20,22,25-26H2,1H3,(H,50,57)(H,51,60)(H,52,53)/t32-,33-,34+,35+,36-,40-,41+,43+,44+/m1/s1. The zero-order valence-electron chi connectivity index (χ0n) is 35.7.